The second kappa shape index (κ2) is 23.3. The van der Waals surface area contributed by atoms with Gasteiger partial charge in [-0.05, 0) is 82.0 Å². The number of methoxy groups -OCH3 is 2. The van der Waals surface area contributed by atoms with Gasteiger partial charge in [-0.25, -0.2) is 5.06 Å². The molecule has 2 heterocycles. The number of carbonyl (C=O) groups excluding carboxylic acids is 5. The average Bonchev–Trinajstić information content (AvgIpc) is 3.79. The molecule has 0 radical (unpaired) electrons. The van der Waals surface area contributed by atoms with Gasteiger partial charge in [0.05, 0.1) is 49.3 Å². The number of carbonyl (C=O) groups is 5. The van der Waals surface area contributed by atoms with Gasteiger partial charge >= 0.3 is 0 Å². The topological polar surface area (TPSA) is 176 Å². The third kappa shape index (κ3) is 11.9. The molecular formula is C47H79N7O8. The highest BCUT2D eigenvalue weighted by Gasteiger charge is 2.64. The maximum atomic E-state index is 14.5. The van der Waals surface area contributed by atoms with Gasteiger partial charge in [0.1, 0.15) is 11.6 Å². The maximum Gasteiger partial charge on any atom is 0.272 e. The first-order chi connectivity index (χ1) is 29.5. The lowest BCUT2D eigenvalue weighted by Gasteiger charge is -2.41. The normalized spacial score (nSPS) is 23.7. The third-order valence-electron chi connectivity index (χ3n) is 13.7. The number of nitrogens with zero attached hydrogens (tertiary/aromatic N) is 4. The van der Waals surface area contributed by atoms with Crippen molar-refractivity contribution in [3.8, 4) is 0 Å². The second-order valence-electron chi connectivity index (χ2n) is 18.7. The van der Waals surface area contributed by atoms with Gasteiger partial charge in [-0.2, -0.15) is 0 Å². The summed E-state index contributed by atoms with van der Waals surface area (Å²) in [6, 6.07) is 7.64. The van der Waals surface area contributed by atoms with Crippen LogP contribution in [0.1, 0.15) is 111 Å². The Morgan fingerprint density at radius 1 is 0.935 bits per heavy atom. The Balaban J connectivity index is 1.50. The molecule has 4 rings (SSSR count). The fraction of sp³-hybridized carbons (Fsp3) is 0.766. The van der Waals surface area contributed by atoms with Crippen molar-refractivity contribution in [3.63, 3.8) is 0 Å². The van der Waals surface area contributed by atoms with Gasteiger partial charge in [0.15, 0.2) is 0 Å². The van der Waals surface area contributed by atoms with Crippen molar-refractivity contribution in [1.29, 1.82) is 0 Å². The lowest BCUT2D eigenvalue weighted by atomic mass is 9.89. The molecule has 0 bridgehead atoms. The monoisotopic (exact) mass is 870 g/mol. The molecule has 1 saturated carbocycles. The van der Waals surface area contributed by atoms with E-state index < -0.39 is 47.8 Å². The van der Waals surface area contributed by atoms with E-state index in [4.69, 9.17) is 20.0 Å². The molecule has 2 aliphatic heterocycles. The Bertz CT molecular complexity index is 1630. The van der Waals surface area contributed by atoms with Gasteiger partial charge in [-0.1, -0.05) is 85.2 Å². The van der Waals surface area contributed by atoms with E-state index in [1.807, 2.05) is 83.8 Å². The van der Waals surface area contributed by atoms with Crippen LogP contribution in [0.5, 0.6) is 0 Å². The highest BCUT2D eigenvalue weighted by atomic mass is 16.7. The Morgan fingerprint density at radius 2 is 1.63 bits per heavy atom. The standard InChI is InChI=1S/C47H79N7O8/c1-12-32(6)41(52(9)45(58)39(30(2)3)49-44(57)40(31(4)5)51(8)24-19-23-48)37(60-10)28-38(55)53-25-18-22-36(53)42(61-11)33(7)43(56)50-47(46(59)54-26-16-17-27-62-54)29-35(47)34-20-14-13-15-21-34/h13-15,20-21,30-33,35-37,39-42H,12,16-19,22-29,48H2,1-11H3,(H,49,57)(H,50,56)/t32-,33+,35+,36-,37+,39-,40-,41-,42+,47-/m0/s1. The third-order valence-corrected chi connectivity index (χ3v) is 13.7. The van der Waals surface area contributed by atoms with Crippen molar-refractivity contribution < 1.29 is 38.3 Å². The van der Waals surface area contributed by atoms with Crippen LogP contribution in [-0.4, -0.2) is 152 Å². The SMILES string of the molecule is CC[C@H](C)[C@@H]([C@@H](CC(=O)N1CCC[C@H]1[C@H](OC)[C@@H](C)C(=O)N[C@@]1(C(=O)N2CCCCO2)C[C@@H]1c1ccccc1)OC)N(C)C(=O)[C@@H](NC(=O)[C@H](C(C)C)N(C)CCCN)C(C)C. The van der Waals surface area contributed by atoms with Crippen LogP contribution in [0.2, 0.25) is 0 Å². The summed E-state index contributed by atoms with van der Waals surface area (Å²) in [5.74, 6) is -2.31. The van der Waals surface area contributed by atoms with Crippen molar-refractivity contribution in [2.45, 2.75) is 148 Å². The average molecular weight is 870 g/mol. The van der Waals surface area contributed by atoms with Gasteiger partial charge in [0.2, 0.25) is 23.6 Å². The molecular weight excluding hydrogens is 791 g/mol. The highest BCUT2D eigenvalue weighted by Crippen LogP contribution is 2.53. The number of ether oxygens (including phenoxy) is 2. The first-order valence-corrected chi connectivity index (χ1v) is 23.1. The van der Waals surface area contributed by atoms with Gasteiger partial charge < -0.3 is 35.6 Å². The Hall–Kier alpha value is -3.63. The van der Waals surface area contributed by atoms with Gasteiger partial charge in [-0.15, -0.1) is 0 Å². The highest BCUT2D eigenvalue weighted by molar-refractivity contribution is 5.96. The zero-order chi connectivity index (χ0) is 45.9. The molecule has 0 spiro atoms. The maximum absolute atomic E-state index is 14.5. The molecule has 5 amide bonds. The van der Waals surface area contributed by atoms with E-state index in [2.05, 4.69) is 10.6 Å². The number of likely N-dealkylation sites (N-methyl/N-ethyl adjacent to an activating group) is 2. The van der Waals surface area contributed by atoms with Crippen molar-refractivity contribution in [2.24, 2.45) is 29.4 Å². The summed E-state index contributed by atoms with van der Waals surface area (Å²) in [5, 5.41) is 7.67. The van der Waals surface area contributed by atoms with Crippen LogP contribution in [0, 0.1) is 23.7 Å². The number of amides is 5. The Morgan fingerprint density at radius 3 is 2.19 bits per heavy atom. The summed E-state index contributed by atoms with van der Waals surface area (Å²) in [5.41, 5.74) is 5.60. The number of likely N-dealkylation sites (tertiary alicyclic amines) is 1. The van der Waals surface area contributed by atoms with Crippen LogP contribution in [0.25, 0.3) is 0 Å². The van der Waals surface area contributed by atoms with E-state index in [1.54, 1.807) is 38.0 Å². The van der Waals surface area contributed by atoms with Crippen molar-refractivity contribution in [2.75, 3.05) is 61.1 Å². The van der Waals surface area contributed by atoms with E-state index >= 15 is 0 Å². The minimum atomic E-state index is -1.14. The minimum Gasteiger partial charge on any atom is -0.379 e. The van der Waals surface area contributed by atoms with Crippen LogP contribution in [-0.2, 0) is 38.3 Å². The van der Waals surface area contributed by atoms with Gasteiger partial charge in [0, 0.05) is 40.3 Å². The van der Waals surface area contributed by atoms with Gasteiger partial charge in [-0.3, -0.25) is 33.7 Å². The number of nitrogens with two attached hydrogens (primary N) is 1. The molecule has 0 aromatic heterocycles. The lowest BCUT2D eigenvalue weighted by molar-refractivity contribution is -0.200. The number of hydroxylamine groups is 2. The summed E-state index contributed by atoms with van der Waals surface area (Å²) < 4.78 is 12.2. The predicted octanol–water partition coefficient (Wildman–Crippen LogP) is 3.95. The number of hydrogen-bond donors (Lipinski definition) is 3. The quantitative estimate of drug-likeness (QED) is 0.146. The van der Waals surface area contributed by atoms with Crippen LogP contribution in [0.4, 0.5) is 0 Å². The zero-order valence-electron chi connectivity index (χ0n) is 39.6. The second-order valence-corrected chi connectivity index (χ2v) is 18.7. The minimum absolute atomic E-state index is 0.00288. The zero-order valence-corrected chi connectivity index (χ0v) is 39.6. The number of benzene rings is 1. The summed E-state index contributed by atoms with van der Waals surface area (Å²) in [6.07, 6.45) is 3.71. The molecule has 3 fully saturated rings. The smallest absolute Gasteiger partial charge is 0.272 e. The molecule has 15 heteroatoms. The van der Waals surface area contributed by atoms with E-state index in [-0.39, 0.29) is 59.6 Å². The molecule has 15 nitrogen and oxygen atoms in total. The summed E-state index contributed by atoms with van der Waals surface area (Å²) >= 11 is 0. The van der Waals surface area contributed by atoms with Crippen molar-refractivity contribution in [1.82, 2.24) is 30.4 Å². The molecule has 3 aliphatic rings. The van der Waals surface area contributed by atoms with E-state index in [1.165, 1.54) is 5.06 Å². The van der Waals surface area contributed by atoms with Crippen LogP contribution >= 0.6 is 0 Å². The molecule has 1 aromatic rings. The van der Waals surface area contributed by atoms with Gasteiger partial charge in [0.25, 0.3) is 5.91 Å². The van der Waals surface area contributed by atoms with E-state index in [0.29, 0.717) is 45.6 Å². The molecule has 2 saturated heterocycles. The first-order valence-electron chi connectivity index (χ1n) is 23.1. The molecule has 62 heavy (non-hydrogen) atoms. The van der Waals surface area contributed by atoms with Crippen LogP contribution in [0.15, 0.2) is 30.3 Å². The fourth-order valence-corrected chi connectivity index (χ4v) is 9.86. The van der Waals surface area contributed by atoms with Crippen molar-refractivity contribution in [3.05, 3.63) is 35.9 Å². The molecule has 0 unspecified atom stereocenters. The molecule has 1 aliphatic carbocycles. The number of hydrogen-bond acceptors (Lipinski definition) is 10. The summed E-state index contributed by atoms with van der Waals surface area (Å²) in [6.45, 7) is 16.3. The number of nitrogens with one attached hydrogen (secondary N) is 2. The first kappa shape index (κ1) is 51.0. The van der Waals surface area contributed by atoms with E-state index in [0.717, 1.165) is 37.7 Å². The Labute approximate surface area is 371 Å². The Kier molecular flexibility index (Phi) is 19.2. The molecule has 350 valence electrons. The fourth-order valence-electron chi connectivity index (χ4n) is 9.86. The van der Waals surface area contributed by atoms with Crippen molar-refractivity contribution >= 4 is 29.5 Å². The predicted molar refractivity (Wildman–Crippen MR) is 239 cm³/mol. The largest absolute Gasteiger partial charge is 0.379 e. The van der Waals surface area contributed by atoms with Crippen LogP contribution in [0.3, 0.4) is 0 Å². The van der Waals surface area contributed by atoms with Crippen LogP contribution < -0.4 is 16.4 Å². The summed E-state index contributed by atoms with van der Waals surface area (Å²) in [4.78, 5) is 82.4. The molecule has 1 aromatic carbocycles. The number of rotatable bonds is 23. The summed E-state index contributed by atoms with van der Waals surface area (Å²) in [7, 11) is 6.77. The lowest BCUT2D eigenvalue weighted by Crippen LogP contribution is -2.60. The molecule has 10 atom stereocenters. The van der Waals surface area contributed by atoms with E-state index in [9.17, 15) is 24.0 Å². The molecule has 4 N–H and O–H groups in total.